The van der Waals surface area contributed by atoms with Crippen molar-refractivity contribution in [2.75, 3.05) is 0 Å². The van der Waals surface area contributed by atoms with E-state index in [-0.39, 0.29) is 12.1 Å². The summed E-state index contributed by atoms with van der Waals surface area (Å²) in [6, 6.07) is 0.0595. The highest BCUT2D eigenvalue weighted by Gasteiger charge is 2.34. The standard InChI is InChI=1S/C11H23N3OSi/c1-9(2)16(3,4)15-11-8-6-5-7-10(11)13-14-12/h9-11H,5-8H2,1-4H3/t10-,11-/m0/s1. The Morgan fingerprint density at radius 1 is 1.31 bits per heavy atom. The van der Waals surface area contributed by atoms with Gasteiger partial charge in [0.25, 0.3) is 0 Å². The molecule has 16 heavy (non-hydrogen) atoms. The lowest BCUT2D eigenvalue weighted by molar-refractivity contribution is 0.121. The van der Waals surface area contributed by atoms with Crippen LogP contribution in [-0.2, 0) is 4.43 Å². The second kappa shape index (κ2) is 5.71. The molecule has 0 aliphatic heterocycles. The van der Waals surface area contributed by atoms with Gasteiger partial charge in [0, 0.05) is 4.91 Å². The lowest BCUT2D eigenvalue weighted by Gasteiger charge is -2.37. The van der Waals surface area contributed by atoms with E-state index in [2.05, 4.69) is 37.0 Å². The first-order valence-electron chi connectivity index (χ1n) is 6.19. The monoisotopic (exact) mass is 241 g/mol. The molecule has 0 bridgehead atoms. The highest BCUT2D eigenvalue weighted by atomic mass is 28.4. The van der Waals surface area contributed by atoms with Crippen molar-refractivity contribution in [2.45, 2.75) is 70.3 Å². The Balaban J connectivity index is 2.65. The average molecular weight is 241 g/mol. The molecule has 92 valence electrons. The Bertz CT molecular complexity index is 274. The molecule has 5 heteroatoms. The van der Waals surface area contributed by atoms with Crippen molar-refractivity contribution >= 4 is 8.32 Å². The van der Waals surface area contributed by atoms with Crippen LogP contribution < -0.4 is 0 Å². The van der Waals surface area contributed by atoms with Crippen LogP contribution in [0.2, 0.25) is 18.6 Å². The second-order valence-electron chi connectivity index (χ2n) is 5.47. The van der Waals surface area contributed by atoms with Crippen LogP contribution in [0.5, 0.6) is 0 Å². The number of hydrogen-bond donors (Lipinski definition) is 0. The molecule has 1 rings (SSSR count). The van der Waals surface area contributed by atoms with E-state index >= 15 is 0 Å². The van der Waals surface area contributed by atoms with Crippen molar-refractivity contribution < 1.29 is 4.43 Å². The van der Waals surface area contributed by atoms with Crippen LogP contribution in [-0.4, -0.2) is 20.5 Å². The van der Waals surface area contributed by atoms with Crippen LogP contribution in [0.25, 0.3) is 10.4 Å². The van der Waals surface area contributed by atoms with Crippen LogP contribution in [0.15, 0.2) is 5.11 Å². The van der Waals surface area contributed by atoms with Crippen molar-refractivity contribution in [1.82, 2.24) is 0 Å². The molecule has 1 aliphatic rings. The molecular weight excluding hydrogens is 218 g/mol. The third-order valence-corrected chi connectivity index (χ3v) is 7.40. The first-order chi connectivity index (χ1) is 7.47. The minimum Gasteiger partial charge on any atom is -0.414 e. The number of rotatable bonds is 4. The zero-order valence-electron chi connectivity index (χ0n) is 10.8. The Morgan fingerprint density at radius 2 is 1.94 bits per heavy atom. The molecule has 0 spiro atoms. The lowest BCUT2D eigenvalue weighted by Crippen LogP contribution is -2.43. The molecule has 0 heterocycles. The Kier molecular flexibility index (Phi) is 4.83. The van der Waals surface area contributed by atoms with Gasteiger partial charge < -0.3 is 4.43 Å². The fraction of sp³-hybridized carbons (Fsp3) is 1.00. The van der Waals surface area contributed by atoms with E-state index in [0.29, 0.717) is 5.54 Å². The molecular formula is C11H23N3OSi. The lowest BCUT2D eigenvalue weighted by atomic mass is 9.93. The molecule has 1 aliphatic carbocycles. The van der Waals surface area contributed by atoms with Crippen molar-refractivity contribution in [3.05, 3.63) is 10.4 Å². The molecule has 0 amide bonds. The third kappa shape index (κ3) is 3.51. The predicted octanol–water partition coefficient (Wildman–Crippen LogP) is 4.24. The third-order valence-electron chi connectivity index (χ3n) is 3.71. The van der Waals surface area contributed by atoms with E-state index in [9.17, 15) is 0 Å². The van der Waals surface area contributed by atoms with Gasteiger partial charge in [-0.3, -0.25) is 0 Å². The van der Waals surface area contributed by atoms with E-state index in [0.717, 1.165) is 19.3 Å². The molecule has 0 radical (unpaired) electrons. The summed E-state index contributed by atoms with van der Waals surface area (Å²) >= 11 is 0. The maximum atomic E-state index is 8.56. The minimum atomic E-state index is -1.62. The molecule has 2 atom stereocenters. The predicted molar refractivity (Wildman–Crippen MR) is 68.9 cm³/mol. The van der Waals surface area contributed by atoms with Gasteiger partial charge >= 0.3 is 0 Å². The van der Waals surface area contributed by atoms with Crippen LogP contribution in [0, 0.1) is 0 Å². The van der Waals surface area contributed by atoms with Crippen LogP contribution in [0.4, 0.5) is 0 Å². The van der Waals surface area contributed by atoms with Gasteiger partial charge in [-0.15, -0.1) is 0 Å². The molecule has 0 unspecified atom stereocenters. The van der Waals surface area contributed by atoms with Crippen LogP contribution >= 0.6 is 0 Å². The zero-order chi connectivity index (χ0) is 12.2. The minimum absolute atomic E-state index is 0.0595. The van der Waals surface area contributed by atoms with Gasteiger partial charge in [0.2, 0.25) is 0 Å². The highest BCUT2D eigenvalue weighted by molar-refractivity contribution is 6.72. The normalized spacial score (nSPS) is 26.6. The van der Waals surface area contributed by atoms with E-state index in [4.69, 9.17) is 9.96 Å². The summed E-state index contributed by atoms with van der Waals surface area (Å²) in [5.41, 5.74) is 9.16. The smallest absolute Gasteiger partial charge is 0.189 e. The highest BCUT2D eigenvalue weighted by Crippen LogP contribution is 2.30. The van der Waals surface area contributed by atoms with Crippen LogP contribution in [0.1, 0.15) is 39.5 Å². The summed E-state index contributed by atoms with van der Waals surface area (Å²) in [6.45, 7) is 8.94. The number of hydrogen-bond acceptors (Lipinski definition) is 2. The van der Waals surface area contributed by atoms with Crippen molar-refractivity contribution in [3.8, 4) is 0 Å². The molecule has 0 aromatic rings. The van der Waals surface area contributed by atoms with Gasteiger partial charge in [-0.1, -0.05) is 31.8 Å². The van der Waals surface area contributed by atoms with Gasteiger partial charge in [0.05, 0.1) is 12.1 Å². The van der Waals surface area contributed by atoms with Crippen molar-refractivity contribution in [3.63, 3.8) is 0 Å². The van der Waals surface area contributed by atoms with Gasteiger partial charge in [-0.2, -0.15) is 0 Å². The zero-order valence-corrected chi connectivity index (χ0v) is 11.8. The molecule has 1 fully saturated rings. The van der Waals surface area contributed by atoms with E-state index in [1.165, 1.54) is 6.42 Å². The molecule has 0 saturated heterocycles. The van der Waals surface area contributed by atoms with Gasteiger partial charge in [0.15, 0.2) is 8.32 Å². The molecule has 0 N–H and O–H groups in total. The summed E-state index contributed by atoms with van der Waals surface area (Å²) in [4.78, 5) is 2.94. The molecule has 0 aromatic carbocycles. The Hall–Kier alpha value is -0.513. The average Bonchev–Trinajstić information content (AvgIpc) is 2.20. The Labute approximate surface area is 99.1 Å². The largest absolute Gasteiger partial charge is 0.414 e. The maximum Gasteiger partial charge on any atom is 0.189 e. The van der Waals surface area contributed by atoms with E-state index in [1.54, 1.807) is 0 Å². The first-order valence-corrected chi connectivity index (χ1v) is 9.18. The molecule has 4 nitrogen and oxygen atoms in total. The number of azide groups is 1. The molecule has 0 aromatic heterocycles. The van der Waals surface area contributed by atoms with E-state index in [1.807, 2.05) is 0 Å². The van der Waals surface area contributed by atoms with Crippen LogP contribution in [0.3, 0.4) is 0 Å². The number of nitrogens with zero attached hydrogens (tertiary/aromatic N) is 3. The van der Waals surface area contributed by atoms with Crippen molar-refractivity contribution in [1.29, 1.82) is 0 Å². The summed E-state index contributed by atoms with van der Waals surface area (Å²) in [7, 11) is -1.62. The topological polar surface area (TPSA) is 58.0 Å². The van der Waals surface area contributed by atoms with Gasteiger partial charge in [0.1, 0.15) is 0 Å². The fourth-order valence-corrected chi connectivity index (χ4v) is 3.27. The quantitative estimate of drug-likeness (QED) is 0.314. The van der Waals surface area contributed by atoms with Gasteiger partial charge in [-0.05, 0) is 37.0 Å². The summed E-state index contributed by atoms with van der Waals surface area (Å²) in [6.07, 6.45) is 4.55. The summed E-state index contributed by atoms with van der Waals surface area (Å²) in [5.74, 6) is 0. The van der Waals surface area contributed by atoms with E-state index < -0.39 is 8.32 Å². The molecule has 1 saturated carbocycles. The SMILES string of the molecule is CC(C)[Si](C)(C)O[C@H]1CCCC[C@@H]1N=[N+]=[N-]. The fourth-order valence-electron chi connectivity index (χ4n) is 1.94. The summed E-state index contributed by atoms with van der Waals surface area (Å²) in [5, 5.41) is 3.89. The maximum absolute atomic E-state index is 8.56. The first kappa shape index (κ1) is 13.6. The summed E-state index contributed by atoms with van der Waals surface area (Å²) < 4.78 is 6.28. The second-order valence-corrected chi connectivity index (χ2v) is 10.1. The Morgan fingerprint density at radius 3 is 2.50 bits per heavy atom. The van der Waals surface area contributed by atoms with Crippen molar-refractivity contribution in [2.24, 2.45) is 5.11 Å². The van der Waals surface area contributed by atoms with Gasteiger partial charge in [-0.25, -0.2) is 0 Å².